The molecule has 3 rings (SSSR count). The average molecular weight is 384 g/mol. The van der Waals surface area contributed by atoms with Gasteiger partial charge in [-0.05, 0) is 61.2 Å². The van der Waals surface area contributed by atoms with Gasteiger partial charge in [0.05, 0.1) is 27.8 Å². The van der Waals surface area contributed by atoms with E-state index in [0.29, 0.717) is 17.2 Å². The Morgan fingerprint density at radius 2 is 1.64 bits per heavy atom. The van der Waals surface area contributed by atoms with Crippen LogP contribution in [0.25, 0.3) is 0 Å². The zero-order chi connectivity index (χ0) is 20.1. The van der Waals surface area contributed by atoms with Gasteiger partial charge in [-0.15, -0.1) is 0 Å². The zero-order valence-corrected chi connectivity index (χ0v) is 17.0. The lowest BCUT2D eigenvalue weighted by molar-refractivity contribution is -0.115. The molecule has 1 N–H and O–H groups in total. The smallest absolute Gasteiger partial charge is 0.228 e. The largest absolute Gasteiger partial charge is 0.493 e. The molecule has 1 heterocycles. The molecule has 6 nitrogen and oxygen atoms in total. The van der Waals surface area contributed by atoms with Crippen LogP contribution < -0.4 is 24.4 Å². The highest BCUT2D eigenvalue weighted by molar-refractivity contribution is 5.93. The van der Waals surface area contributed by atoms with E-state index >= 15 is 0 Å². The van der Waals surface area contributed by atoms with E-state index in [1.54, 1.807) is 33.5 Å². The van der Waals surface area contributed by atoms with Gasteiger partial charge in [0.2, 0.25) is 11.7 Å². The number of anilines is 2. The van der Waals surface area contributed by atoms with E-state index in [1.807, 2.05) is 13.0 Å². The number of carbonyl (C=O) groups is 1. The highest BCUT2D eigenvalue weighted by atomic mass is 16.5. The van der Waals surface area contributed by atoms with Crippen LogP contribution in [0.3, 0.4) is 0 Å². The van der Waals surface area contributed by atoms with Gasteiger partial charge in [-0.1, -0.05) is 0 Å². The van der Waals surface area contributed by atoms with E-state index in [9.17, 15) is 4.79 Å². The summed E-state index contributed by atoms with van der Waals surface area (Å²) in [6.07, 6.45) is 2.70. The van der Waals surface area contributed by atoms with Crippen LogP contribution in [0.1, 0.15) is 24.0 Å². The summed E-state index contributed by atoms with van der Waals surface area (Å²) in [6, 6.07) is 9.79. The van der Waals surface area contributed by atoms with Crippen molar-refractivity contribution in [2.24, 2.45) is 0 Å². The number of carbonyl (C=O) groups excluding carboxylic acids is 1. The SMILES string of the molecule is COc1cc(CC(=O)Nc2ccc(N3CCCC3)cc2C)cc(OC)c1OC. The minimum atomic E-state index is -0.0914. The average Bonchev–Trinajstić information content (AvgIpc) is 3.23. The molecule has 0 aliphatic carbocycles. The van der Waals surface area contributed by atoms with E-state index in [1.165, 1.54) is 18.5 Å². The summed E-state index contributed by atoms with van der Waals surface area (Å²) in [5, 5.41) is 3.01. The highest BCUT2D eigenvalue weighted by Crippen LogP contribution is 2.38. The lowest BCUT2D eigenvalue weighted by Gasteiger charge is -2.19. The van der Waals surface area contributed by atoms with Crippen molar-refractivity contribution in [3.05, 3.63) is 41.5 Å². The molecule has 1 saturated heterocycles. The van der Waals surface area contributed by atoms with E-state index in [0.717, 1.165) is 29.9 Å². The summed E-state index contributed by atoms with van der Waals surface area (Å²) in [7, 11) is 4.68. The Balaban J connectivity index is 1.72. The van der Waals surface area contributed by atoms with Crippen LogP contribution in [0.4, 0.5) is 11.4 Å². The quantitative estimate of drug-likeness (QED) is 0.787. The Bertz CT molecular complexity index is 819. The predicted octanol–water partition coefficient (Wildman–Crippen LogP) is 3.80. The fraction of sp³-hybridized carbons (Fsp3) is 0.409. The van der Waals surface area contributed by atoms with Gasteiger partial charge in [-0.25, -0.2) is 0 Å². The fourth-order valence-electron chi connectivity index (χ4n) is 3.58. The van der Waals surface area contributed by atoms with Gasteiger partial charge in [0, 0.05) is 24.5 Å². The number of benzene rings is 2. The molecular weight excluding hydrogens is 356 g/mol. The first-order valence-corrected chi connectivity index (χ1v) is 9.50. The van der Waals surface area contributed by atoms with Crippen LogP contribution in [-0.4, -0.2) is 40.3 Å². The Morgan fingerprint density at radius 1 is 1.00 bits per heavy atom. The second kappa shape index (κ2) is 8.87. The number of aryl methyl sites for hydroxylation is 1. The molecular formula is C22H28N2O4. The first-order valence-electron chi connectivity index (χ1n) is 9.50. The normalized spacial score (nSPS) is 13.4. The van der Waals surface area contributed by atoms with Gasteiger partial charge >= 0.3 is 0 Å². The molecule has 0 spiro atoms. The van der Waals surface area contributed by atoms with E-state index in [-0.39, 0.29) is 12.3 Å². The van der Waals surface area contributed by atoms with Crippen molar-refractivity contribution in [3.63, 3.8) is 0 Å². The third kappa shape index (κ3) is 4.32. The third-order valence-electron chi connectivity index (χ3n) is 5.04. The molecule has 0 unspecified atom stereocenters. The van der Waals surface area contributed by atoms with Crippen molar-refractivity contribution in [2.75, 3.05) is 44.6 Å². The van der Waals surface area contributed by atoms with Crippen molar-refractivity contribution in [3.8, 4) is 17.2 Å². The molecule has 0 atom stereocenters. The molecule has 1 fully saturated rings. The molecule has 150 valence electrons. The molecule has 1 amide bonds. The summed E-state index contributed by atoms with van der Waals surface area (Å²) in [4.78, 5) is 15.0. The van der Waals surface area contributed by atoms with Crippen LogP contribution >= 0.6 is 0 Å². The lowest BCUT2D eigenvalue weighted by atomic mass is 10.1. The number of amides is 1. The fourth-order valence-corrected chi connectivity index (χ4v) is 3.58. The topological polar surface area (TPSA) is 60.0 Å². The number of nitrogens with zero attached hydrogens (tertiary/aromatic N) is 1. The van der Waals surface area contributed by atoms with Crippen LogP contribution in [-0.2, 0) is 11.2 Å². The van der Waals surface area contributed by atoms with Crippen molar-refractivity contribution >= 4 is 17.3 Å². The predicted molar refractivity (Wildman–Crippen MR) is 111 cm³/mol. The standard InChI is InChI=1S/C22H28N2O4/c1-15-11-17(24-9-5-6-10-24)7-8-18(15)23-21(25)14-16-12-19(26-2)22(28-4)20(13-16)27-3/h7-8,11-13H,5-6,9-10,14H2,1-4H3,(H,23,25). The summed E-state index contributed by atoms with van der Waals surface area (Å²) < 4.78 is 16.0. The van der Waals surface area contributed by atoms with Crippen LogP contribution in [0.15, 0.2) is 30.3 Å². The van der Waals surface area contributed by atoms with Crippen molar-refractivity contribution < 1.29 is 19.0 Å². The van der Waals surface area contributed by atoms with Crippen LogP contribution in [0.2, 0.25) is 0 Å². The monoisotopic (exact) mass is 384 g/mol. The molecule has 1 aliphatic rings. The molecule has 0 radical (unpaired) electrons. The molecule has 2 aromatic rings. The molecule has 0 aromatic heterocycles. The lowest BCUT2D eigenvalue weighted by Crippen LogP contribution is -2.18. The van der Waals surface area contributed by atoms with Gasteiger partial charge in [-0.2, -0.15) is 0 Å². The number of ether oxygens (including phenoxy) is 3. The summed E-state index contributed by atoms with van der Waals surface area (Å²) in [6.45, 7) is 4.23. The first kappa shape index (κ1) is 19.9. The summed E-state index contributed by atoms with van der Waals surface area (Å²) in [5.74, 6) is 1.50. The van der Waals surface area contributed by atoms with Gasteiger partial charge in [0.1, 0.15) is 0 Å². The molecule has 0 bridgehead atoms. The Labute approximate surface area is 166 Å². The number of hydrogen-bond donors (Lipinski definition) is 1. The van der Waals surface area contributed by atoms with E-state index in [2.05, 4.69) is 22.3 Å². The minimum Gasteiger partial charge on any atom is -0.493 e. The Morgan fingerprint density at radius 3 is 2.18 bits per heavy atom. The number of rotatable bonds is 7. The van der Waals surface area contributed by atoms with Crippen molar-refractivity contribution in [1.82, 2.24) is 0 Å². The van der Waals surface area contributed by atoms with Crippen LogP contribution in [0.5, 0.6) is 17.2 Å². The van der Waals surface area contributed by atoms with E-state index < -0.39 is 0 Å². The van der Waals surface area contributed by atoms with Gasteiger partial charge < -0.3 is 24.4 Å². The maximum atomic E-state index is 12.6. The van der Waals surface area contributed by atoms with Gasteiger partial charge in [-0.3, -0.25) is 4.79 Å². The Kier molecular flexibility index (Phi) is 6.29. The second-order valence-electron chi connectivity index (χ2n) is 6.95. The summed E-state index contributed by atoms with van der Waals surface area (Å²) in [5.41, 5.74) is 3.90. The summed E-state index contributed by atoms with van der Waals surface area (Å²) >= 11 is 0. The molecule has 0 saturated carbocycles. The first-order chi connectivity index (χ1) is 13.5. The number of nitrogens with one attached hydrogen (secondary N) is 1. The van der Waals surface area contributed by atoms with Crippen molar-refractivity contribution in [1.29, 1.82) is 0 Å². The van der Waals surface area contributed by atoms with Crippen molar-refractivity contribution in [2.45, 2.75) is 26.2 Å². The number of hydrogen-bond acceptors (Lipinski definition) is 5. The zero-order valence-electron chi connectivity index (χ0n) is 17.0. The maximum Gasteiger partial charge on any atom is 0.228 e. The van der Waals surface area contributed by atoms with E-state index in [4.69, 9.17) is 14.2 Å². The highest BCUT2D eigenvalue weighted by Gasteiger charge is 2.16. The number of methoxy groups -OCH3 is 3. The third-order valence-corrected chi connectivity index (χ3v) is 5.04. The maximum absolute atomic E-state index is 12.6. The molecule has 28 heavy (non-hydrogen) atoms. The molecule has 1 aliphatic heterocycles. The van der Waals surface area contributed by atoms with Crippen LogP contribution in [0, 0.1) is 6.92 Å². The minimum absolute atomic E-state index is 0.0914. The Hall–Kier alpha value is -2.89. The molecule has 6 heteroatoms. The molecule has 2 aromatic carbocycles. The van der Waals surface area contributed by atoms with Gasteiger partial charge in [0.25, 0.3) is 0 Å². The van der Waals surface area contributed by atoms with Gasteiger partial charge in [0.15, 0.2) is 11.5 Å². The second-order valence-corrected chi connectivity index (χ2v) is 6.95.